The molecule has 0 bridgehead atoms. The molecule has 1 saturated heterocycles. The summed E-state index contributed by atoms with van der Waals surface area (Å²) in [6.07, 6.45) is 5.32. The molecule has 3 N–H and O–H groups in total. The number of aliphatic imine (C=N–C) groups is 1. The lowest BCUT2D eigenvalue weighted by Crippen LogP contribution is -2.25. The number of rotatable bonds is 7. The van der Waals surface area contributed by atoms with E-state index in [1.807, 2.05) is 24.3 Å². The summed E-state index contributed by atoms with van der Waals surface area (Å²) in [5.41, 5.74) is 10.7. The number of nitrogens with two attached hydrogens (primary N) is 1. The van der Waals surface area contributed by atoms with Crippen molar-refractivity contribution in [3.63, 3.8) is 0 Å². The van der Waals surface area contributed by atoms with Crippen LogP contribution in [0.2, 0.25) is 0 Å². The Kier molecular flexibility index (Phi) is 7.88. The third-order valence-corrected chi connectivity index (χ3v) is 5.21. The number of anilines is 1. The predicted octanol–water partition coefficient (Wildman–Crippen LogP) is 4.14. The predicted molar refractivity (Wildman–Crippen MR) is 116 cm³/mol. The molecule has 2 aromatic rings. The summed E-state index contributed by atoms with van der Waals surface area (Å²) in [4.78, 5) is 7.15. The summed E-state index contributed by atoms with van der Waals surface area (Å²) in [6.45, 7) is 4.50. The molecule has 1 fully saturated rings. The molecule has 0 spiro atoms. The first-order chi connectivity index (χ1) is 13.8. The Morgan fingerprint density at radius 2 is 1.61 bits per heavy atom. The maximum absolute atomic E-state index is 6.16. The fourth-order valence-electron chi connectivity index (χ4n) is 3.67. The van der Waals surface area contributed by atoms with Crippen LogP contribution in [0.4, 0.5) is 5.69 Å². The molecular weight excluding hydrogens is 348 g/mol. The monoisotopic (exact) mass is 380 g/mol. The van der Waals surface area contributed by atoms with E-state index in [0.717, 1.165) is 17.8 Å². The third-order valence-electron chi connectivity index (χ3n) is 5.21. The standard InChI is InChI=1S/C23H32N4O/c1-28-18-21-12-6-7-13-22(21)26-23(24)25-16-19-10-4-5-11-20(19)17-27-14-8-2-3-9-15-27/h4-7,10-13H,2-3,8-9,14-18H2,1H3,(H3,24,25,26). The summed E-state index contributed by atoms with van der Waals surface area (Å²) >= 11 is 0. The summed E-state index contributed by atoms with van der Waals surface area (Å²) in [6, 6.07) is 16.5. The number of nitrogens with zero attached hydrogens (tertiary/aromatic N) is 2. The molecule has 5 nitrogen and oxygen atoms in total. The molecule has 5 heteroatoms. The second kappa shape index (κ2) is 10.8. The highest BCUT2D eigenvalue weighted by atomic mass is 16.5. The highest BCUT2D eigenvalue weighted by Gasteiger charge is 2.11. The topological polar surface area (TPSA) is 62.9 Å². The minimum Gasteiger partial charge on any atom is -0.380 e. The van der Waals surface area contributed by atoms with Gasteiger partial charge in [-0.05, 0) is 43.1 Å². The molecule has 28 heavy (non-hydrogen) atoms. The van der Waals surface area contributed by atoms with E-state index in [9.17, 15) is 0 Å². The number of ether oxygens (including phenoxy) is 1. The molecule has 0 radical (unpaired) electrons. The van der Waals surface area contributed by atoms with Crippen molar-refractivity contribution in [2.24, 2.45) is 10.7 Å². The SMILES string of the molecule is COCc1ccccc1NC(N)=NCc1ccccc1CN1CCCCCC1. The molecule has 0 aromatic heterocycles. The molecule has 0 aliphatic carbocycles. The third kappa shape index (κ3) is 6.08. The summed E-state index contributed by atoms with van der Waals surface area (Å²) < 4.78 is 5.25. The highest BCUT2D eigenvalue weighted by molar-refractivity contribution is 5.92. The highest BCUT2D eigenvalue weighted by Crippen LogP contribution is 2.18. The molecule has 1 heterocycles. The second-order valence-corrected chi connectivity index (χ2v) is 7.38. The Morgan fingerprint density at radius 3 is 2.32 bits per heavy atom. The van der Waals surface area contributed by atoms with Crippen molar-refractivity contribution in [3.8, 4) is 0 Å². The Hall–Kier alpha value is -2.37. The summed E-state index contributed by atoms with van der Waals surface area (Å²) in [7, 11) is 1.69. The maximum atomic E-state index is 6.16. The van der Waals surface area contributed by atoms with Gasteiger partial charge in [-0.25, -0.2) is 4.99 Å². The minimum absolute atomic E-state index is 0.424. The first-order valence-corrected chi connectivity index (χ1v) is 10.2. The minimum atomic E-state index is 0.424. The fourth-order valence-corrected chi connectivity index (χ4v) is 3.67. The van der Waals surface area contributed by atoms with Gasteiger partial charge in [-0.1, -0.05) is 55.3 Å². The molecule has 3 rings (SSSR count). The second-order valence-electron chi connectivity index (χ2n) is 7.38. The lowest BCUT2D eigenvalue weighted by molar-refractivity contribution is 0.185. The molecular formula is C23H32N4O. The van der Waals surface area contributed by atoms with Gasteiger partial charge in [-0.3, -0.25) is 4.90 Å². The van der Waals surface area contributed by atoms with Crippen molar-refractivity contribution < 1.29 is 4.74 Å². The molecule has 0 saturated carbocycles. The van der Waals surface area contributed by atoms with Crippen molar-refractivity contribution in [3.05, 3.63) is 65.2 Å². The number of benzene rings is 2. The largest absolute Gasteiger partial charge is 0.380 e. The normalized spacial score (nSPS) is 16.0. The van der Waals surface area contributed by atoms with Gasteiger partial charge in [0.05, 0.1) is 13.2 Å². The zero-order valence-electron chi connectivity index (χ0n) is 16.9. The van der Waals surface area contributed by atoms with Gasteiger partial charge in [-0.15, -0.1) is 0 Å². The Bertz CT molecular complexity index is 767. The molecule has 1 aliphatic heterocycles. The van der Waals surface area contributed by atoms with Gasteiger partial charge in [0.2, 0.25) is 0 Å². The number of likely N-dealkylation sites (tertiary alicyclic amines) is 1. The van der Waals surface area contributed by atoms with Crippen LogP contribution in [0.1, 0.15) is 42.4 Å². The number of methoxy groups -OCH3 is 1. The van der Waals surface area contributed by atoms with Crippen LogP contribution in [0.3, 0.4) is 0 Å². The summed E-state index contributed by atoms with van der Waals surface area (Å²) in [5, 5.41) is 3.21. The molecule has 0 unspecified atom stereocenters. The zero-order chi connectivity index (χ0) is 19.6. The van der Waals surface area contributed by atoms with E-state index in [0.29, 0.717) is 19.1 Å². The number of hydrogen-bond acceptors (Lipinski definition) is 3. The first kappa shape index (κ1) is 20.4. The van der Waals surface area contributed by atoms with Crippen molar-refractivity contribution in [1.29, 1.82) is 0 Å². The summed E-state index contributed by atoms with van der Waals surface area (Å²) in [5.74, 6) is 0.424. The van der Waals surface area contributed by atoms with Crippen LogP contribution in [0, 0.1) is 0 Å². The smallest absolute Gasteiger partial charge is 0.193 e. The lowest BCUT2D eigenvalue weighted by atomic mass is 10.1. The molecule has 0 amide bonds. The number of para-hydroxylation sites is 1. The van der Waals surface area contributed by atoms with E-state index in [1.54, 1.807) is 7.11 Å². The van der Waals surface area contributed by atoms with Crippen molar-refractivity contribution in [2.45, 2.75) is 45.4 Å². The van der Waals surface area contributed by atoms with Crippen molar-refractivity contribution in [1.82, 2.24) is 4.90 Å². The van der Waals surface area contributed by atoms with E-state index in [1.165, 1.54) is 49.9 Å². The van der Waals surface area contributed by atoms with Crippen LogP contribution >= 0.6 is 0 Å². The van der Waals surface area contributed by atoms with Crippen LogP contribution < -0.4 is 11.1 Å². The van der Waals surface area contributed by atoms with Gasteiger partial charge in [0, 0.05) is 24.9 Å². The quantitative estimate of drug-likeness (QED) is 0.560. The van der Waals surface area contributed by atoms with E-state index in [4.69, 9.17) is 10.5 Å². The number of nitrogens with one attached hydrogen (secondary N) is 1. The lowest BCUT2D eigenvalue weighted by Gasteiger charge is -2.21. The average molecular weight is 381 g/mol. The van der Waals surface area contributed by atoms with Gasteiger partial charge < -0.3 is 15.8 Å². The van der Waals surface area contributed by atoms with E-state index in [2.05, 4.69) is 39.5 Å². The molecule has 2 aromatic carbocycles. The van der Waals surface area contributed by atoms with E-state index in [-0.39, 0.29) is 0 Å². The fraction of sp³-hybridized carbons (Fsp3) is 0.435. The number of guanidine groups is 1. The first-order valence-electron chi connectivity index (χ1n) is 10.2. The van der Waals surface area contributed by atoms with Gasteiger partial charge in [0.15, 0.2) is 5.96 Å². The van der Waals surface area contributed by atoms with Crippen molar-refractivity contribution in [2.75, 3.05) is 25.5 Å². The Morgan fingerprint density at radius 1 is 0.964 bits per heavy atom. The maximum Gasteiger partial charge on any atom is 0.193 e. The van der Waals surface area contributed by atoms with Crippen molar-refractivity contribution >= 4 is 11.6 Å². The Labute approximate surface area is 168 Å². The average Bonchev–Trinajstić information content (AvgIpc) is 2.98. The van der Waals surface area contributed by atoms with Crippen LogP contribution in [-0.4, -0.2) is 31.1 Å². The van der Waals surface area contributed by atoms with Gasteiger partial charge in [0.1, 0.15) is 0 Å². The molecule has 1 aliphatic rings. The number of hydrogen-bond donors (Lipinski definition) is 2. The van der Waals surface area contributed by atoms with Crippen LogP contribution in [0.15, 0.2) is 53.5 Å². The van der Waals surface area contributed by atoms with Gasteiger partial charge in [-0.2, -0.15) is 0 Å². The molecule has 150 valence electrons. The van der Waals surface area contributed by atoms with Crippen LogP contribution in [0.5, 0.6) is 0 Å². The molecule has 0 atom stereocenters. The van der Waals surface area contributed by atoms with Crippen LogP contribution in [0.25, 0.3) is 0 Å². The van der Waals surface area contributed by atoms with Gasteiger partial charge >= 0.3 is 0 Å². The van der Waals surface area contributed by atoms with Gasteiger partial charge in [0.25, 0.3) is 0 Å². The Balaban J connectivity index is 1.65. The van der Waals surface area contributed by atoms with Crippen LogP contribution in [-0.2, 0) is 24.4 Å². The van der Waals surface area contributed by atoms with E-state index >= 15 is 0 Å². The zero-order valence-corrected chi connectivity index (χ0v) is 16.9. The van der Waals surface area contributed by atoms with E-state index < -0.39 is 0 Å².